The SMILES string of the molecule is Cc1sc2c(c1-c1ccncn1)CCCC2. The van der Waals surface area contributed by atoms with Gasteiger partial charge in [-0.1, -0.05) is 0 Å². The molecule has 0 unspecified atom stereocenters. The first-order chi connectivity index (χ1) is 7.86. The maximum atomic E-state index is 4.39. The first-order valence-corrected chi connectivity index (χ1v) is 6.55. The van der Waals surface area contributed by atoms with Gasteiger partial charge in [0, 0.05) is 21.5 Å². The summed E-state index contributed by atoms with van der Waals surface area (Å²) in [6.07, 6.45) is 8.61. The topological polar surface area (TPSA) is 25.8 Å². The van der Waals surface area contributed by atoms with Gasteiger partial charge in [-0.25, -0.2) is 9.97 Å². The molecule has 0 aliphatic heterocycles. The molecule has 0 aromatic carbocycles. The van der Waals surface area contributed by atoms with Gasteiger partial charge in [-0.15, -0.1) is 11.3 Å². The van der Waals surface area contributed by atoms with Crippen molar-refractivity contribution in [1.82, 2.24) is 9.97 Å². The van der Waals surface area contributed by atoms with Crippen LogP contribution in [0.2, 0.25) is 0 Å². The highest BCUT2D eigenvalue weighted by atomic mass is 32.1. The predicted molar refractivity (Wildman–Crippen MR) is 66.7 cm³/mol. The second-order valence-corrected chi connectivity index (χ2v) is 5.55. The Balaban J connectivity index is 2.17. The minimum absolute atomic E-state index is 1.09. The van der Waals surface area contributed by atoms with Crippen molar-refractivity contribution in [2.24, 2.45) is 0 Å². The Bertz CT molecular complexity index is 502. The Labute approximate surface area is 99.4 Å². The maximum Gasteiger partial charge on any atom is 0.116 e. The molecule has 0 bridgehead atoms. The van der Waals surface area contributed by atoms with Crippen LogP contribution in [0.5, 0.6) is 0 Å². The van der Waals surface area contributed by atoms with Crippen molar-refractivity contribution in [2.75, 3.05) is 0 Å². The summed E-state index contributed by atoms with van der Waals surface area (Å²) in [6, 6.07) is 2.02. The summed E-state index contributed by atoms with van der Waals surface area (Å²) < 4.78 is 0. The molecule has 82 valence electrons. The standard InChI is InChI=1S/C13H14N2S/c1-9-13(11-6-7-14-8-15-11)10-4-2-3-5-12(10)16-9/h6-8H,2-5H2,1H3. The van der Waals surface area contributed by atoms with E-state index in [0.29, 0.717) is 0 Å². The number of hydrogen-bond acceptors (Lipinski definition) is 3. The van der Waals surface area contributed by atoms with Crippen molar-refractivity contribution < 1.29 is 0 Å². The Morgan fingerprint density at radius 2 is 2.12 bits per heavy atom. The minimum Gasteiger partial charge on any atom is -0.245 e. The first-order valence-electron chi connectivity index (χ1n) is 5.74. The van der Waals surface area contributed by atoms with Crippen molar-refractivity contribution in [2.45, 2.75) is 32.6 Å². The van der Waals surface area contributed by atoms with Crippen LogP contribution in [-0.4, -0.2) is 9.97 Å². The molecule has 0 N–H and O–H groups in total. The van der Waals surface area contributed by atoms with E-state index in [1.807, 2.05) is 23.6 Å². The summed E-state index contributed by atoms with van der Waals surface area (Å²) >= 11 is 1.95. The molecule has 2 heterocycles. The molecule has 2 nitrogen and oxygen atoms in total. The molecule has 0 saturated heterocycles. The van der Waals surface area contributed by atoms with Gasteiger partial charge in [0.2, 0.25) is 0 Å². The van der Waals surface area contributed by atoms with Gasteiger partial charge in [0.05, 0.1) is 5.69 Å². The van der Waals surface area contributed by atoms with Crippen LogP contribution in [0.4, 0.5) is 0 Å². The summed E-state index contributed by atoms with van der Waals surface area (Å²) in [4.78, 5) is 11.4. The van der Waals surface area contributed by atoms with Crippen molar-refractivity contribution >= 4 is 11.3 Å². The van der Waals surface area contributed by atoms with Crippen LogP contribution in [0.1, 0.15) is 28.2 Å². The first kappa shape index (κ1) is 9.97. The van der Waals surface area contributed by atoms with E-state index >= 15 is 0 Å². The normalized spacial score (nSPS) is 14.8. The van der Waals surface area contributed by atoms with E-state index in [0.717, 1.165) is 5.69 Å². The lowest BCUT2D eigenvalue weighted by Crippen LogP contribution is -2.00. The van der Waals surface area contributed by atoms with Crippen molar-refractivity contribution in [3.8, 4) is 11.3 Å². The lowest BCUT2D eigenvalue weighted by Gasteiger charge is -2.12. The van der Waals surface area contributed by atoms with Gasteiger partial charge in [-0.05, 0) is 44.2 Å². The van der Waals surface area contributed by atoms with Gasteiger partial charge in [0.1, 0.15) is 6.33 Å². The Morgan fingerprint density at radius 1 is 1.25 bits per heavy atom. The number of rotatable bonds is 1. The molecular weight excluding hydrogens is 216 g/mol. The molecule has 16 heavy (non-hydrogen) atoms. The fourth-order valence-electron chi connectivity index (χ4n) is 2.48. The molecule has 0 radical (unpaired) electrons. The highest BCUT2D eigenvalue weighted by Gasteiger charge is 2.20. The van der Waals surface area contributed by atoms with Crippen LogP contribution < -0.4 is 0 Å². The fraction of sp³-hybridized carbons (Fsp3) is 0.385. The molecule has 3 rings (SSSR count). The molecule has 2 aromatic heterocycles. The maximum absolute atomic E-state index is 4.39. The van der Waals surface area contributed by atoms with Gasteiger partial charge in [0.25, 0.3) is 0 Å². The number of aromatic nitrogens is 2. The summed E-state index contributed by atoms with van der Waals surface area (Å²) in [5.41, 5.74) is 4.02. The smallest absolute Gasteiger partial charge is 0.116 e. The zero-order valence-electron chi connectivity index (χ0n) is 9.36. The Hall–Kier alpha value is -1.22. The zero-order chi connectivity index (χ0) is 11.0. The van der Waals surface area contributed by atoms with E-state index in [1.54, 1.807) is 16.8 Å². The van der Waals surface area contributed by atoms with Crippen LogP contribution in [0.3, 0.4) is 0 Å². The average molecular weight is 230 g/mol. The number of aryl methyl sites for hydroxylation is 2. The lowest BCUT2D eigenvalue weighted by molar-refractivity contribution is 0.698. The van der Waals surface area contributed by atoms with Gasteiger partial charge in [-0.3, -0.25) is 0 Å². The zero-order valence-corrected chi connectivity index (χ0v) is 10.2. The number of hydrogen-bond donors (Lipinski definition) is 0. The van der Waals surface area contributed by atoms with Crippen molar-refractivity contribution in [3.63, 3.8) is 0 Å². The van der Waals surface area contributed by atoms with E-state index in [4.69, 9.17) is 0 Å². The third-order valence-corrected chi connectivity index (χ3v) is 4.39. The Morgan fingerprint density at radius 3 is 2.94 bits per heavy atom. The summed E-state index contributed by atoms with van der Waals surface area (Å²) in [7, 11) is 0. The summed E-state index contributed by atoms with van der Waals surface area (Å²) in [5.74, 6) is 0. The highest BCUT2D eigenvalue weighted by Crippen LogP contribution is 2.39. The second kappa shape index (κ2) is 3.98. The van der Waals surface area contributed by atoms with Crippen LogP contribution in [0.15, 0.2) is 18.6 Å². The van der Waals surface area contributed by atoms with E-state index in [1.165, 1.54) is 36.1 Å². The number of nitrogens with zero attached hydrogens (tertiary/aromatic N) is 2. The van der Waals surface area contributed by atoms with Crippen molar-refractivity contribution in [1.29, 1.82) is 0 Å². The largest absolute Gasteiger partial charge is 0.245 e. The molecule has 1 aliphatic carbocycles. The molecule has 0 amide bonds. The van der Waals surface area contributed by atoms with E-state index in [2.05, 4.69) is 16.9 Å². The van der Waals surface area contributed by atoms with Gasteiger partial charge >= 0.3 is 0 Å². The second-order valence-electron chi connectivity index (χ2n) is 4.24. The third kappa shape index (κ3) is 1.55. The molecule has 0 fully saturated rings. The van der Waals surface area contributed by atoms with Gasteiger partial charge in [0.15, 0.2) is 0 Å². The summed E-state index contributed by atoms with van der Waals surface area (Å²) in [5, 5.41) is 0. The molecule has 3 heteroatoms. The predicted octanol–water partition coefficient (Wildman–Crippen LogP) is 3.39. The van der Waals surface area contributed by atoms with Gasteiger partial charge in [-0.2, -0.15) is 0 Å². The molecule has 0 atom stereocenters. The quantitative estimate of drug-likeness (QED) is 0.750. The van der Waals surface area contributed by atoms with E-state index in [9.17, 15) is 0 Å². The fourth-order valence-corrected chi connectivity index (χ4v) is 3.75. The molecule has 2 aromatic rings. The highest BCUT2D eigenvalue weighted by molar-refractivity contribution is 7.12. The third-order valence-electron chi connectivity index (χ3n) is 3.19. The van der Waals surface area contributed by atoms with E-state index in [-0.39, 0.29) is 0 Å². The van der Waals surface area contributed by atoms with Crippen molar-refractivity contribution in [3.05, 3.63) is 33.9 Å². The molecule has 0 saturated carbocycles. The molecule has 0 spiro atoms. The van der Waals surface area contributed by atoms with Gasteiger partial charge < -0.3 is 0 Å². The minimum atomic E-state index is 1.09. The monoisotopic (exact) mass is 230 g/mol. The Kier molecular flexibility index (Phi) is 2.48. The average Bonchev–Trinajstić information content (AvgIpc) is 2.66. The summed E-state index contributed by atoms with van der Waals surface area (Å²) in [6.45, 7) is 2.21. The lowest BCUT2D eigenvalue weighted by atomic mass is 9.93. The van der Waals surface area contributed by atoms with Crippen LogP contribution in [0, 0.1) is 6.92 Å². The number of fused-ring (bicyclic) bond motifs is 1. The van der Waals surface area contributed by atoms with Crippen LogP contribution >= 0.6 is 11.3 Å². The molecule has 1 aliphatic rings. The van der Waals surface area contributed by atoms with Crippen LogP contribution in [-0.2, 0) is 12.8 Å². The molecular formula is C13H14N2S. The van der Waals surface area contributed by atoms with E-state index < -0.39 is 0 Å². The number of thiophene rings is 1. The van der Waals surface area contributed by atoms with Crippen LogP contribution in [0.25, 0.3) is 11.3 Å².